The predicted molar refractivity (Wildman–Crippen MR) is 161 cm³/mol. The second-order valence-corrected chi connectivity index (χ2v) is 11.8. The summed E-state index contributed by atoms with van der Waals surface area (Å²) in [6, 6.07) is 16.1. The molecule has 3 aromatic carbocycles. The summed E-state index contributed by atoms with van der Waals surface area (Å²) in [4.78, 5) is 0. The lowest BCUT2D eigenvalue weighted by molar-refractivity contribution is 0.171. The van der Waals surface area contributed by atoms with Crippen molar-refractivity contribution in [2.75, 3.05) is 0 Å². The van der Waals surface area contributed by atoms with E-state index in [0.29, 0.717) is 23.5 Å². The van der Waals surface area contributed by atoms with Crippen LogP contribution in [-0.4, -0.2) is 0 Å². The molecule has 2 fully saturated rings. The van der Waals surface area contributed by atoms with Crippen molar-refractivity contribution in [2.24, 2.45) is 17.8 Å². The van der Waals surface area contributed by atoms with Crippen LogP contribution in [-0.2, 0) is 6.42 Å². The molecule has 3 heteroatoms. The molecule has 0 aliphatic heterocycles. The molecule has 0 radical (unpaired) electrons. The van der Waals surface area contributed by atoms with Gasteiger partial charge >= 0.3 is 0 Å². The molecule has 0 aromatic heterocycles. The molecule has 2 aliphatic rings. The third kappa shape index (κ3) is 6.29. The zero-order chi connectivity index (χ0) is 28.1. The van der Waals surface area contributed by atoms with Crippen LogP contribution in [0.4, 0.5) is 13.2 Å². The fourth-order valence-electron chi connectivity index (χ4n) is 6.98. The molecule has 2 saturated carbocycles. The van der Waals surface area contributed by atoms with Crippen molar-refractivity contribution >= 4 is 0 Å². The lowest BCUT2D eigenvalue weighted by Gasteiger charge is -2.37. The summed E-state index contributed by atoms with van der Waals surface area (Å²) < 4.78 is 44.8. The fourth-order valence-corrected chi connectivity index (χ4v) is 6.98. The molecule has 3 aromatic rings. The van der Waals surface area contributed by atoms with Gasteiger partial charge in [0.2, 0.25) is 0 Å². The molecule has 0 unspecified atom stereocenters. The molecule has 0 heterocycles. The third-order valence-electron chi connectivity index (χ3n) is 9.46. The van der Waals surface area contributed by atoms with Gasteiger partial charge in [-0.1, -0.05) is 73.7 Å². The van der Waals surface area contributed by atoms with Gasteiger partial charge in [-0.2, -0.15) is 0 Å². The molecule has 0 atom stereocenters. The number of hydrogen-bond donors (Lipinski definition) is 0. The molecule has 5 rings (SSSR count). The molecule has 0 bridgehead atoms. The van der Waals surface area contributed by atoms with Gasteiger partial charge in [0.15, 0.2) is 11.6 Å². The van der Waals surface area contributed by atoms with Crippen LogP contribution in [0.2, 0.25) is 0 Å². The first kappa shape index (κ1) is 28.5. The van der Waals surface area contributed by atoms with Crippen LogP contribution >= 0.6 is 0 Å². The minimum Gasteiger partial charge on any atom is -0.207 e. The number of rotatable bonds is 8. The first-order chi connectivity index (χ1) is 19.5. The van der Waals surface area contributed by atoms with Crippen LogP contribution in [0.25, 0.3) is 22.3 Å². The molecule has 40 heavy (non-hydrogen) atoms. The standard InChI is InChI=1S/C37H41F3/c1-3-5-6-7-31-20-23-34(37(40)36(31)39)30-18-14-28(15-19-30)32-21-22-33(35(38)24-32)29-16-12-27(13-17-29)26-10-8-25(4-2)9-11-26/h4-6,14-15,18-27,29H,2-3,7-13,16-17H2,1H3/b6-5-. The van der Waals surface area contributed by atoms with Crippen LogP contribution in [0.5, 0.6) is 0 Å². The van der Waals surface area contributed by atoms with Crippen molar-refractivity contribution in [3.05, 3.63) is 108 Å². The quantitative estimate of drug-likeness (QED) is 0.248. The highest BCUT2D eigenvalue weighted by atomic mass is 19.2. The molecule has 0 saturated heterocycles. The second kappa shape index (κ2) is 13.1. The van der Waals surface area contributed by atoms with Crippen molar-refractivity contribution in [1.82, 2.24) is 0 Å². The largest absolute Gasteiger partial charge is 0.207 e. The van der Waals surface area contributed by atoms with E-state index in [1.807, 2.05) is 43.3 Å². The minimum atomic E-state index is -0.829. The van der Waals surface area contributed by atoms with Gasteiger partial charge in [0.05, 0.1) is 0 Å². The van der Waals surface area contributed by atoms with E-state index < -0.39 is 11.6 Å². The summed E-state index contributed by atoms with van der Waals surface area (Å²) in [5, 5.41) is 0. The Labute approximate surface area is 238 Å². The van der Waals surface area contributed by atoms with E-state index >= 15 is 4.39 Å². The van der Waals surface area contributed by atoms with E-state index in [1.165, 1.54) is 38.5 Å². The van der Waals surface area contributed by atoms with Gasteiger partial charge in [0.1, 0.15) is 5.82 Å². The van der Waals surface area contributed by atoms with Crippen LogP contribution < -0.4 is 0 Å². The fraction of sp³-hybridized carbons (Fsp3) is 0.405. The molecule has 0 N–H and O–H groups in total. The first-order valence-electron chi connectivity index (χ1n) is 15.1. The Morgan fingerprint density at radius 2 is 1.32 bits per heavy atom. The van der Waals surface area contributed by atoms with Crippen LogP contribution in [0.1, 0.15) is 81.8 Å². The summed E-state index contributed by atoms with van der Waals surface area (Å²) in [6.07, 6.45) is 16.9. The van der Waals surface area contributed by atoms with Crippen LogP contribution in [0.15, 0.2) is 79.4 Å². The number of hydrogen-bond acceptors (Lipinski definition) is 0. The van der Waals surface area contributed by atoms with E-state index in [0.717, 1.165) is 47.8 Å². The lowest BCUT2D eigenvalue weighted by atomic mass is 9.68. The van der Waals surface area contributed by atoms with E-state index in [4.69, 9.17) is 0 Å². The van der Waals surface area contributed by atoms with Crippen molar-refractivity contribution in [3.63, 3.8) is 0 Å². The Hall–Kier alpha value is -3.07. The summed E-state index contributed by atoms with van der Waals surface area (Å²) in [5.41, 5.74) is 3.67. The molecule has 0 amide bonds. The van der Waals surface area contributed by atoms with E-state index in [-0.39, 0.29) is 17.3 Å². The Balaban J connectivity index is 1.23. The van der Waals surface area contributed by atoms with Crippen molar-refractivity contribution in [3.8, 4) is 22.3 Å². The van der Waals surface area contributed by atoms with Crippen LogP contribution in [0, 0.1) is 35.2 Å². The Morgan fingerprint density at radius 3 is 1.95 bits per heavy atom. The van der Waals surface area contributed by atoms with Gasteiger partial charge in [0, 0.05) is 5.56 Å². The van der Waals surface area contributed by atoms with E-state index in [9.17, 15) is 8.78 Å². The maximum Gasteiger partial charge on any atom is 0.166 e. The smallest absolute Gasteiger partial charge is 0.166 e. The monoisotopic (exact) mass is 542 g/mol. The zero-order valence-corrected chi connectivity index (χ0v) is 23.6. The molecule has 2 aliphatic carbocycles. The number of halogens is 3. The number of benzene rings is 3. The minimum absolute atomic E-state index is 0.141. The second-order valence-electron chi connectivity index (χ2n) is 11.8. The van der Waals surface area contributed by atoms with Gasteiger partial charge in [-0.15, -0.1) is 6.58 Å². The Morgan fingerprint density at radius 1 is 0.700 bits per heavy atom. The van der Waals surface area contributed by atoms with Gasteiger partial charge in [-0.3, -0.25) is 0 Å². The lowest BCUT2D eigenvalue weighted by Crippen LogP contribution is -2.25. The normalized spacial score (nSPS) is 23.4. The average molecular weight is 543 g/mol. The topological polar surface area (TPSA) is 0 Å². The molecule has 210 valence electrons. The van der Waals surface area contributed by atoms with Gasteiger partial charge in [-0.05, 0) is 122 Å². The first-order valence-corrected chi connectivity index (χ1v) is 15.1. The van der Waals surface area contributed by atoms with Crippen molar-refractivity contribution in [1.29, 1.82) is 0 Å². The molecule has 0 spiro atoms. The Bertz CT molecular complexity index is 1320. The average Bonchev–Trinajstić information content (AvgIpc) is 3.00. The van der Waals surface area contributed by atoms with Crippen LogP contribution in [0.3, 0.4) is 0 Å². The maximum absolute atomic E-state index is 15.3. The highest BCUT2D eigenvalue weighted by Crippen LogP contribution is 2.44. The highest BCUT2D eigenvalue weighted by Gasteiger charge is 2.31. The third-order valence-corrected chi connectivity index (χ3v) is 9.46. The van der Waals surface area contributed by atoms with Crippen molar-refractivity contribution in [2.45, 2.75) is 77.0 Å². The summed E-state index contributed by atoms with van der Waals surface area (Å²) >= 11 is 0. The highest BCUT2D eigenvalue weighted by molar-refractivity contribution is 5.71. The zero-order valence-electron chi connectivity index (χ0n) is 23.6. The number of allylic oxidation sites excluding steroid dienone is 3. The summed E-state index contributed by atoms with van der Waals surface area (Å²) in [7, 11) is 0. The molecule has 0 nitrogen and oxygen atoms in total. The molecular weight excluding hydrogens is 501 g/mol. The van der Waals surface area contributed by atoms with Crippen molar-refractivity contribution < 1.29 is 13.2 Å². The maximum atomic E-state index is 15.3. The van der Waals surface area contributed by atoms with Gasteiger partial charge in [-0.25, -0.2) is 13.2 Å². The van der Waals surface area contributed by atoms with Gasteiger partial charge in [0.25, 0.3) is 0 Å². The summed E-state index contributed by atoms with van der Waals surface area (Å²) in [6.45, 7) is 5.98. The SMILES string of the molecule is C=CC1CCC(C2CCC(c3ccc(-c4ccc(-c5ccc(C/C=C\CC)c(F)c5F)cc4)cc3F)CC2)CC1. The predicted octanol–water partition coefficient (Wildman–Crippen LogP) is 11.2. The Kier molecular flexibility index (Phi) is 9.29. The van der Waals surface area contributed by atoms with Gasteiger partial charge < -0.3 is 0 Å². The molecular formula is C37H41F3. The van der Waals surface area contributed by atoms with E-state index in [1.54, 1.807) is 30.3 Å². The summed E-state index contributed by atoms with van der Waals surface area (Å²) in [5.74, 6) is 0.838. The van der Waals surface area contributed by atoms with E-state index in [2.05, 4.69) is 12.7 Å².